The molecule has 3 rings (SSSR count). The quantitative estimate of drug-likeness (QED) is 0.913. The minimum absolute atomic E-state index is 0.0867. The largest absolute Gasteiger partial charge is 0.326 e. The molecule has 1 aliphatic rings. The van der Waals surface area contributed by atoms with Crippen LogP contribution in [-0.4, -0.2) is 23.3 Å². The van der Waals surface area contributed by atoms with Crippen molar-refractivity contribution in [1.29, 1.82) is 0 Å². The third-order valence-electron chi connectivity index (χ3n) is 4.22. The van der Waals surface area contributed by atoms with Crippen molar-refractivity contribution >= 4 is 23.2 Å². The molecule has 1 heterocycles. The van der Waals surface area contributed by atoms with Crippen LogP contribution in [0.2, 0.25) is 0 Å². The predicted octanol–water partition coefficient (Wildman–Crippen LogP) is 3.70. The lowest BCUT2D eigenvalue weighted by molar-refractivity contribution is -0.116. The summed E-state index contributed by atoms with van der Waals surface area (Å²) in [5.41, 5.74) is 4.12. The van der Waals surface area contributed by atoms with Crippen molar-refractivity contribution < 1.29 is 9.59 Å². The summed E-state index contributed by atoms with van der Waals surface area (Å²) in [5.74, 6) is -0.198. The van der Waals surface area contributed by atoms with Crippen LogP contribution in [0.25, 0.3) is 5.70 Å². The highest BCUT2D eigenvalue weighted by atomic mass is 16.2. The highest BCUT2D eigenvalue weighted by Gasteiger charge is 2.30. The summed E-state index contributed by atoms with van der Waals surface area (Å²) in [5, 5.41) is 2.88. The zero-order valence-corrected chi connectivity index (χ0v) is 13.7. The number of carbonyl (C=O) groups is 2. The Labute approximate surface area is 141 Å². The van der Waals surface area contributed by atoms with Gasteiger partial charge < -0.3 is 10.2 Å². The Kier molecular flexibility index (Phi) is 4.47. The Hall–Kier alpha value is -2.88. The normalized spacial score (nSPS) is 13.1. The van der Waals surface area contributed by atoms with Crippen LogP contribution in [0.15, 0.2) is 55.1 Å². The van der Waals surface area contributed by atoms with Crippen molar-refractivity contribution in [2.45, 2.75) is 19.8 Å². The molecular weight excluding hydrogens is 300 g/mol. The molecule has 0 spiro atoms. The topological polar surface area (TPSA) is 49.4 Å². The van der Waals surface area contributed by atoms with Crippen molar-refractivity contribution in [1.82, 2.24) is 4.90 Å². The Balaban J connectivity index is 1.61. The number of hydrogen-bond acceptors (Lipinski definition) is 2. The van der Waals surface area contributed by atoms with E-state index < -0.39 is 0 Å². The summed E-state index contributed by atoms with van der Waals surface area (Å²) in [7, 11) is 0. The van der Waals surface area contributed by atoms with E-state index in [0.29, 0.717) is 17.8 Å². The molecule has 24 heavy (non-hydrogen) atoms. The number of hydrogen-bond donors (Lipinski definition) is 1. The molecule has 122 valence electrons. The molecule has 2 amide bonds. The van der Waals surface area contributed by atoms with Gasteiger partial charge in [-0.1, -0.05) is 43.8 Å². The maximum absolute atomic E-state index is 12.4. The number of anilines is 1. The van der Waals surface area contributed by atoms with Gasteiger partial charge in [-0.2, -0.15) is 0 Å². The zero-order chi connectivity index (χ0) is 17.1. The van der Waals surface area contributed by atoms with Gasteiger partial charge in [0.1, 0.15) is 0 Å². The lowest BCUT2D eigenvalue weighted by atomic mass is 10.1. The first-order valence-corrected chi connectivity index (χ1v) is 8.09. The monoisotopic (exact) mass is 320 g/mol. The zero-order valence-electron chi connectivity index (χ0n) is 13.7. The molecule has 0 aliphatic carbocycles. The molecule has 4 heteroatoms. The molecule has 0 atom stereocenters. The van der Waals surface area contributed by atoms with E-state index >= 15 is 0 Å². The molecule has 1 N–H and O–H groups in total. The first-order chi connectivity index (χ1) is 11.6. The lowest BCUT2D eigenvalue weighted by Gasteiger charge is -2.17. The number of carbonyl (C=O) groups excluding carboxylic acids is 2. The molecule has 0 radical (unpaired) electrons. The van der Waals surface area contributed by atoms with Gasteiger partial charge in [0.2, 0.25) is 5.91 Å². The summed E-state index contributed by atoms with van der Waals surface area (Å²) in [6, 6.07) is 15.2. The summed E-state index contributed by atoms with van der Waals surface area (Å²) in [6.07, 6.45) is 1.15. The first kappa shape index (κ1) is 16.0. The number of aryl methyl sites for hydroxylation is 1. The maximum atomic E-state index is 12.4. The number of rotatable bonds is 5. The standard InChI is InChI=1S/C20H20N2O2/c1-3-15-7-6-8-16(13-15)21-19(23)11-12-22-14(2)17-9-4-5-10-18(17)20(22)24/h4-10,13H,2-3,11-12H2,1H3,(H,21,23). The fourth-order valence-corrected chi connectivity index (χ4v) is 2.88. The molecule has 2 aromatic rings. The molecule has 0 saturated heterocycles. The molecule has 0 saturated carbocycles. The smallest absolute Gasteiger partial charge is 0.258 e. The average molecular weight is 320 g/mol. The van der Waals surface area contributed by atoms with Gasteiger partial charge in [0.25, 0.3) is 5.91 Å². The van der Waals surface area contributed by atoms with E-state index in [2.05, 4.69) is 18.8 Å². The van der Waals surface area contributed by atoms with Gasteiger partial charge in [0.05, 0.1) is 0 Å². The SMILES string of the molecule is C=C1c2ccccc2C(=O)N1CCC(=O)Nc1cccc(CC)c1. The average Bonchev–Trinajstić information content (AvgIpc) is 2.84. The Bertz CT molecular complexity index is 776. The highest BCUT2D eigenvalue weighted by Crippen LogP contribution is 2.31. The minimum Gasteiger partial charge on any atom is -0.326 e. The van der Waals surface area contributed by atoms with Crippen molar-refractivity contribution in [3.05, 3.63) is 71.8 Å². The van der Waals surface area contributed by atoms with Crippen LogP contribution in [0.3, 0.4) is 0 Å². The van der Waals surface area contributed by atoms with Crippen molar-refractivity contribution in [3.63, 3.8) is 0 Å². The van der Waals surface area contributed by atoms with Crippen molar-refractivity contribution in [3.8, 4) is 0 Å². The number of amides is 2. The second-order valence-corrected chi connectivity index (χ2v) is 5.80. The fraction of sp³-hybridized carbons (Fsp3) is 0.200. The van der Waals surface area contributed by atoms with Crippen LogP contribution < -0.4 is 5.32 Å². The second kappa shape index (κ2) is 6.71. The van der Waals surface area contributed by atoms with Crippen molar-refractivity contribution in [2.24, 2.45) is 0 Å². The van der Waals surface area contributed by atoms with Gasteiger partial charge in [0.15, 0.2) is 0 Å². The minimum atomic E-state index is -0.111. The van der Waals surface area contributed by atoms with Crippen LogP contribution in [0.5, 0.6) is 0 Å². The summed E-state index contributed by atoms with van der Waals surface area (Å²) >= 11 is 0. The van der Waals surface area contributed by atoms with E-state index in [1.54, 1.807) is 11.0 Å². The van der Waals surface area contributed by atoms with E-state index in [-0.39, 0.29) is 18.2 Å². The third kappa shape index (κ3) is 3.08. The van der Waals surface area contributed by atoms with E-state index in [0.717, 1.165) is 17.7 Å². The molecule has 0 bridgehead atoms. The Morgan fingerprint density at radius 1 is 1.12 bits per heavy atom. The highest BCUT2D eigenvalue weighted by molar-refractivity contribution is 6.09. The van der Waals surface area contributed by atoms with Crippen LogP contribution in [0, 0.1) is 0 Å². The summed E-state index contributed by atoms with van der Waals surface area (Å²) in [6.45, 7) is 6.38. The number of fused-ring (bicyclic) bond motifs is 1. The van der Waals surface area contributed by atoms with E-state index in [9.17, 15) is 9.59 Å². The van der Waals surface area contributed by atoms with Gasteiger partial charge >= 0.3 is 0 Å². The number of nitrogens with one attached hydrogen (secondary N) is 1. The van der Waals surface area contributed by atoms with Crippen molar-refractivity contribution in [2.75, 3.05) is 11.9 Å². The van der Waals surface area contributed by atoms with E-state index in [1.165, 1.54) is 5.56 Å². The maximum Gasteiger partial charge on any atom is 0.258 e. The second-order valence-electron chi connectivity index (χ2n) is 5.80. The van der Waals surface area contributed by atoms with Gasteiger partial charge in [-0.25, -0.2) is 0 Å². The Morgan fingerprint density at radius 2 is 1.88 bits per heavy atom. The van der Waals surface area contributed by atoms with Crippen LogP contribution in [0.1, 0.15) is 34.8 Å². The molecular formula is C20H20N2O2. The summed E-state index contributed by atoms with van der Waals surface area (Å²) in [4.78, 5) is 26.1. The number of benzene rings is 2. The number of nitrogens with zero attached hydrogens (tertiary/aromatic N) is 1. The van der Waals surface area contributed by atoms with E-state index in [1.807, 2.05) is 42.5 Å². The molecule has 2 aromatic carbocycles. The molecule has 0 fully saturated rings. The van der Waals surface area contributed by atoms with Gasteiger partial charge in [0, 0.05) is 35.5 Å². The predicted molar refractivity (Wildman–Crippen MR) is 95.6 cm³/mol. The lowest BCUT2D eigenvalue weighted by Crippen LogP contribution is -2.27. The fourth-order valence-electron chi connectivity index (χ4n) is 2.88. The van der Waals surface area contributed by atoms with E-state index in [4.69, 9.17) is 0 Å². The third-order valence-corrected chi connectivity index (χ3v) is 4.22. The van der Waals surface area contributed by atoms with Gasteiger partial charge in [-0.05, 0) is 30.2 Å². The summed E-state index contributed by atoms with van der Waals surface area (Å²) < 4.78 is 0. The molecule has 0 aromatic heterocycles. The molecule has 1 aliphatic heterocycles. The van der Waals surface area contributed by atoms with Crippen LogP contribution in [0.4, 0.5) is 5.69 Å². The van der Waals surface area contributed by atoms with Crippen LogP contribution in [-0.2, 0) is 11.2 Å². The van der Waals surface area contributed by atoms with Gasteiger partial charge in [-0.15, -0.1) is 0 Å². The first-order valence-electron chi connectivity index (χ1n) is 8.09. The van der Waals surface area contributed by atoms with Gasteiger partial charge in [-0.3, -0.25) is 9.59 Å². The van der Waals surface area contributed by atoms with Crippen LogP contribution >= 0.6 is 0 Å². The molecule has 4 nitrogen and oxygen atoms in total. The molecule has 0 unspecified atom stereocenters. The Morgan fingerprint density at radius 3 is 2.58 bits per heavy atom.